The minimum Gasteiger partial charge on any atom is -0.493 e. The summed E-state index contributed by atoms with van der Waals surface area (Å²) in [7, 11) is 3.28. The Kier molecular flexibility index (Phi) is 6.41. The van der Waals surface area contributed by atoms with Crippen molar-refractivity contribution >= 4 is 5.91 Å². The van der Waals surface area contributed by atoms with Crippen LogP contribution in [-0.4, -0.2) is 54.4 Å². The Labute approximate surface area is 186 Å². The number of amides is 1. The van der Waals surface area contributed by atoms with Crippen molar-refractivity contribution in [2.75, 3.05) is 33.9 Å². The first-order valence-electron chi connectivity index (χ1n) is 10.6. The number of ether oxygens (including phenoxy) is 2. The van der Waals surface area contributed by atoms with E-state index in [0.29, 0.717) is 23.5 Å². The molecule has 32 heavy (non-hydrogen) atoms. The van der Waals surface area contributed by atoms with E-state index in [1.54, 1.807) is 39.3 Å². The van der Waals surface area contributed by atoms with Gasteiger partial charge in [-0.25, -0.2) is 9.07 Å². The lowest BCUT2D eigenvalue weighted by Crippen LogP contribution is -2.38. The molecule has 168 valence electrons. The van der Waals surface area contributed by atoms with Crippen molar-refractivity contribution in [1.29, 1.82) is 0 Å². The van der Waals surface area contributed by atoms with Crippen LogP contribution in [0.15, 0.2) is 42.6 Å². The zero-order chi connectivity index (χ0) is 22.7. The fraction of sp³-hybridized carbons (Fsp3) is 0.333. The van der Waals surface area contributed by atoms with Crippen molar-refractivity contribution in [3.63, 3.8) is 0 Å². The first-order valence-corrected chi connectivity index (χ1v) is 10.6. The van der Waals surface area contributed by atoms with Gasteiger partial charge in [0, 0.05) is 26.2 Å². The molecule has 0 saturated carbocycles. The lowest BCUT2D eigenvalue weighted by Gasteiger charge is -2.29. The normalized spacial score (nSPS) is 13.5. The molecule has 4 rings (SSSR count). The summed E-state index contributed by atoms with van der Waals surface area (Å²) in [6, 6.07) is 10.4. The number of nitrogens with one attached hydrogen (secondary N) is 1. The van der Waals surface area contributed by atoms with Gasteiger partial charge in [0.2, 0.25) is 0 Å². The molecule has 1 aliphatic rings. The lowest BCUT2D eigenvalue weighted by molar-refractivity contribution is 0.0946. The highest BCUT2D eigenvalue weighted by Crippen LogP contribution is 2.33. The van der Waals surface area contributed by atoms with E-state index in [2.05, 4.69) is 15.3 Å². The third-order valence-electron chi connectivity index (χ3n) is 5.85. The van der Waals surface area contributed by atoms with Crippen molar-refractivity contribution in [3.05, 3.63) is 70.8 Å². The van der Waals surface area contributed by atoms with Crippen LogP contribution < -0.4 is 14.8 Å². The number of rotatable bonds is 7. The van der Waals surface area contributed by atoms with Crippen molar-refractivity contribution < 1.29 is 18.7 Å². The molecule has 2 aromatic carbocycles. The van der Waals surface area contributed by atoms with Crippen LogP contribution in [0.25, 0.3) is 5.69 Å². The predicted molar refractivity (Wildman–Crippen MR) is 119 cm³/mol. The van der Waals surface area contributed by atoms with Crippen LogP contribution in [0.1, 0.15) is 27.2 Å². The second-order valence-corrected chi connectivity index (χ2v) is 7.76. The number of hydrogen-bond donors (Lipinski definition) is 1. The highest BCUT2D eigenvalue weighted by molar-refractivity contribution is 5.95. The fourth-order valence-corrected chi connectivity index (χ4v) is 4.05. The maximum absolute atomic E-state index is 14.1. The summed E-state index contributed by atoms with van der Waals surface area (Å²) in [5.74, 6) is 0.876. The van der Waals surface area contributed by atoms with Crippen molar-refractivity contribution in [1.82, 2.24) is 20.0 Å². The first-order chi connectivity index (χ1) is 15.5. The number of carbonyl (C=O) groups excluding carboxylic acids is 1. The van der Waals surface area contributed by atoms with Gasteiger partial charge < -0.3 is 14.8 Å². The van der Waals surface area contributed by atoms with E-state index in [1.165, 1.54) is 28.1 Å². The second-order valence-electron chi connectivity index (χ2n) is 7.76. The highest BCUT2D eigenvalue weighted by Gasteiger charge is 2.20. The van der Waals surface area contributed by atoms with Crippen LogP contribution in [0.2, 0.25) is 0 Å². The molecule has 1 aromatic heterocycles. The number of halogens is 1. The first kappa shape index (κ1) is 21.8. The average Bonchev–Trinajstić information content (AvgIpc) is 3.19. The predicted octanol–water partition coefficient (Wildman–Crippen LogP) is 3.13. The van der Waals surface area contributed by atoms with Crippen molar-refractivity contribution in [3.8, 4) is 17.2 Å². The van der Waals surface area contributed by atoms with E-state index >= 15 is 0 Å². The third-order valence-corrected chi connectivity index (χ3v) is 5.85. The molecule has 0 atom stereocenters. The van der Waals surface area contributed by atoms with Crippen LogP contribution in [0.4, 0.5) is 4.39 Å². The Hall–Kier alpha value is -3.39. The molecule has 0 bridgehead atoms. The summed E-state index contributed by atoms with van der Waals surface area (Å²) < 4.78 is 26.4. The van der Waals surface area contributed by atoms with E-state index in [-0.39, 0.29) is 11.7 Å². The van der Waals surface area contributed by atoms with E-state index in [0.717, 1.165) is 37.6 Å². The number of nitrogens with zero attached hydrogens (tertiary/aromatic N) is 3. The van der Waals surface area contributed by atoms with Crippen LogP contribution >= 0.6 is 0 Å². The van der Waals surface area contributed by atoms with Crippen LogP contribution in [-0.2, 0) is 13.0 Å². The molecule has 2 heterocycles. The van der Waals surface area contributed by atoms with E-state index < -0.39 is 0 Å². The van der Waals surface area contributed by atoms with E-state index in [9.17, 15) is 9.18 Å². The molecule has 0 saturated heterocycles. The average molecular weight is 439 g/mol. The molecular weight excluding hydrogens is 411 g/mol. The smallest absolute Gasteiger partial charge is 0.254 e. The SMILES string of the molecule is COc1cc2c(cc1OC)CN(CCNC(=O)c1cnn(-c3ccccc3F)c1C)CC2. The number of methoxy groups -OCH3 is 2. The van der Waals surface area contributed by atoms with E-state index in [1.807, 2.05) is 12.1 Å². The lowest BCUT2D eigenvalue weighted by atomic mass is 9.99. The molecule has 0 fully saturated rings. The van der Waals surface area contributed by atoms with Gasteiger partial charge in [-0.05, 0) is 48.7 Å². The van der Waals surface area contributed by atoms with Crippen molar-refractivity contribution in [2.45, 2.75) is 19.9 Å². The Morgan fingerprint density at radius 1 is 1.16 bits per heavy atom. The van der Waals surface area contributed by atoms with Crippen molar-refractivity contribution in [2.24, 2.45) is 0 Å². The zero-order valence-corrected chi connectivity index (χ0v) is 18.5. The summed E-state index contributed by atoms with van der Waals surface area (Å²) in [6.07, 6.45) is 2.39. The maximum atomic E-state index is 14.1. The molecule has 0 radical (unpaired) electrons. The van der Waals surface area contributed by atoms with Crippen LogP contribution in [0.5, 0.6) is 11.5 Å². The summed E-state index contributed by atoms with van der Waals surface area (Å²) >= 11 is 0. The summed E-state index contributed by atoms with van der Waals surface area (Å²) in [5.41, 5.74) is 3.83. The summed E-state index contributed by atoms with van der Waals surface area (Å²) in [4.78, 5) is 15.0. The Morgan fingerprint density at radius 2 is 1.88 bits per heavy atom. The molecule has 0 aliphatic carbocycles. The van der Waals surface area contributed by atoms with Gasteiger partial charge in [0.05, 0.1) is 31.7 Å². The summed E-state index contributed by atoms with van der Waals surface area (Å²) in [5, 5.41) is 7.16. The zero-order valence-electron chi connectivity index (χ0n) is 18.5. The van der Waals surface area contributed by atoms with Gasteiger partial charge in [0.25, 0.3) is 5.91 Å². The largest absolute Gasteiger partial charge is 0.493 e. The van der Waals surface area contributed by atoms with Gasteiger partial charge in [-0.3, -0.25) is 9.69 Å². The number of para-hydroxylation sites is 1. The molecule has 1 aliphatic heterocycles. The number of hydrogen-bond acceptors (Lipinski definition) is 5. The third kappa shape index (κ3) is 4.31. The van der Waals surface area contributed by atoms with Gasteiger partial charge in [-0.15, -0.1) is 0 Å². The van der Waals surface area contributed by atoms with Gasteiger partial charge in [-0.1, -0.05) is 12.1 Å². The monoisotopic (exact) mass is 438 g/mol. The minimum absolute atomic E-state index is 0.214. The molecule has 1 amide bonds. The fourth-order valence-electron chi connectivity index (χ4n) is 4.05. The molecule has 0 spiro atoms. The maximum Gasteiger partial charge on any atom is 0.254 e. The summed E-state index contributed by atoms with van der Waals surface area (Å²) in [6.45, 7) is 4.68. The second kappa shape index (κ2) is 9.40. The minimum atomic E-state index is -0.384. The molecule has 0 unspecified atom stereocenters. The highest BCUT2D eigenvalue weighted by atomic mass is 19.1. The molecule has 8 heteroatoms. The van der Waals surface area contributed by atoms with Crippen LogP contribution in [0.3, 0.4) is 0 Å². The Morgan fingerprint density at radius 3 is 2.59 bits per heavy atom. The standard InChI is InChI=1S/C24H27FN4O3/c1-16-19(14-27-29(16)21-7-5-4-6-20(21)25)24(30)26-9-11-28-10-8-17-12-22(31-2)23(32-3)13-18(17)15-28/h4-7,12-14H,8-11,15H2,1-3H3,(H,26,30). The topological polar surface area (TPSA) is 68.6 Å². The van der Waals surface area contributed by atoms with E-state index in [4.69, 9.17) is 9.47 Å². The Bertz CT molecular complexity index is 1130. The van der Waals surface area contributed by atoms with Gasteiger partial charge in [-0.2, -0.15) is 5.10 Å². The van der Waals surface area contributed by atoms with Gasteiger partial charge in [0.1, 0.15) is 11.5 Å². The molecule has 7 nitrogen and oxygen atoms in total. The number of aromatic nitrogens is 2. The molecule has 1 N–H and O–H groups in total. The molecule has 3 aromatic rings. The quantitative estimate of drug-likeness (QED) is 0.614. The molecular formula is C24H27FN4O3. The number of carbonyl (C=O) groups is 1. The number of fused-ring (bicyclic) bond motifs is 1. The Balaban J connectivity index is 1.36. The number of benzene rings is 2. The van der Waals surface area contributed by atoms with Gasteiger partial charge >= 0.3 is 0 Å². The van der Waals surface area contributed by atoms with Crippen LogP contribution in [0, 0.1) is 12.7 Å². The van der Waals surface area contributed by atoms with Gasteiger partial charge in [0.15, 0.2) is 11.5 Å².